The molecule has 0 radical (unpaired) electrons. The van der Waals surface area contributed by atoms with Crippen molar-refractivity contribution in [3.63, 3.8) is 0 Å². The first-order valence-electron chi connectivity index (χ1n) is 8.09. The van der Waals surface area contributed by atoms with E-state index < -0.39 is 14.9 Å². The van der Waals surface area contributed by atoms with Crippen LogP contribution in [-0.4, -0.2) is 49.7 Å². The molecule has 1 aliphatic heterocycles. The highest BCUT2D eigenvalue weighted by Crippen LogP contribution is 2.29. The highest BCUT2D eigenvalue weighted by Gasteiger charge is 2.28. The standard InChI is InChI=1S/C15H22N4O5S/c1-12(20)16-7-8-17-14-6-5-13(11-15(14)19(21)22)25(23,24)18-9-3-2-4-10-18/h5-6,11,17H,2-4,7-10H2,1H3,(H,16,20). The van der Waals surface area contributed by atoms with Gasteiger partial charge < -0.3 is 10.6 Å². The van der Waals surface area contributed by atoms with Crippen LogP contribution in [0, 0.1) is 10.1 Å². The average molecular weight is 370 g/mol. The van der Waals surface area contributed by atoms with Gasteiger partial charge in [0.25, 0.3) is 5.69 Å². The highest BCUT2D eigenvalue weighted by atomic mass is 32.2. The van der Waals surface area contributed by atoms with Gasteiger partial charge in [-0.25, -0.2) is 8.42 Å². The first-order valence-corrected chi connectivity index (χ1v) is 9.53. The lowest BCUT2D eigenvalue weighted by Crippen LogP contribution is -2.35. The fourth-order valence-corrected chi connectivity index (χ4v) is 4.20. The Morgan fingerprint density at radius 1 is 1.24 bits per heavy atom. The van der Waals surface area contributed by atoms with Crippen molar-refractivity contribution < 1.29 is 18.1 Å². The normalized spacial score (nSPS) is 15.6. The Hall–Kier alpha value is -2.20. The van der Waals surface area contributed by atoms with E-state index in [1.54, 1.807) is 0 Å². The van der Waals surface area contributed by atoms with E-state index in [0.717, 1.165) is 25.3 Å². The number of hydrogen-bond donors (Lipinski definition) is 2. The molecule has 0 unspecified atom stereocenters. The van der Waals surface area contributed by atoms with Crippen molar-refractivity contribution >= 4 is 27.3 Å². The van der Waals surface area contributed by atoms with E-state index in [2.05, 4.69) is 10.6 Å². The van der Waals surface area contributed by atoms with Gasteiger partial charge in [-0.1, -0.05) is 6.42 Å². The van der Waals surface area contributed by atoms with E-state index in [1.807, 2.05) is 0 Å². The lowest BCUT2D eigenvalue weighted by atomic mass is 10.2. The Balaban J connectivity index is 2.19. The smallest absolute Gasteiger partial charge is 0.293 e. The predicted molar refractivity (Wildman–Crippen MR) is 92.9 cm³/mol. The number of amides is 1. The molecule has 1 fully saturated rings. The molecule has 1 saturated heterocycles. The molecule has 2 rings (SSSR count). The van der Waals surface area contributed by atoms with Crippen molar-refractivity contribution in [1.82, 2.24) is 9.62 Å². The third-order valence-corrected chi connectivity index (χ3v) is 5.83. The molecule has 10 heteroatoms. The van der Waals surface area contributed by atoms with Gasteiger partial charge in [0.2, 0.25) is 15.9 Å². The lowest BCUT2D eigenvalue weighted by Gasteiger charge is -2.25. The number of nitro groups is 1. The molecule has 0 saturated carbocycles. The van der Waals surface area contributed by atoms with Gasteiger partial charge >= 0.3 is 0 Å². The number of nitrogens with one attached hydrogen (secondary N) is 2. The van der Waals surface area contributed by atoms with Crippen LogP contribution < -0.4 is 10.6 Å². The van der Waals surface area contributed by atoms with Gasteiger partial charge in [-0.15, -0.1) is 0 Å². The molecule has 1 aromatic carbocycles. The number of sulfonamides is 1. The zero-order valence-corrected chi connectivity index (χ0v) is 14.8. The summed E-state index contributed by atoms with van der Waals surface area (Å²) in [5.74, 6) is -0.195. The summed E-state index contributed by atoms with van der Waals surface area (Å²) >= 11 is 0. The second-order valence-corrected chi connectivity index (χ2v) is 7.75. The van der Waals surface area contributed by atoms with Gasteiger partial charge in [-0.2, -0.15) is 4.31 Å². The minimum Gasteiger partial charge on any atom is -0.378 e. The molecule has 1 amide bonds. The molecule has 0 atom stereocenters. The summed E-state index contributed by atoms with van der Waals surface area (Å²) < 4.78 is 26.7. The Labute approximate surface area is 146 Å². The molecule has 0 aliphatic carbocycles. The predicted octanol–water partition coefficient (Wildman–Crippen LogP) is 1.32. The largest absolute Gasteiger partial charge is 0.378 e. The van der Waals surface area contributed by atoms with Gasteiger partial charge in [-0.05, 0) is 25.0 Å². The molecule has 138 valence electrons. The van der Waals surface area contributed by atoms with E-state index in [1.165, 1.54) is 23.4 Å². The Bertz CT molecular complexity index is 744. The Morgan fingerprint density at radius 2 is 1.92 bits per heavy atom. The second kappa shape index (κ2) is 8.26. The van der Waals surface area contributed by atoms with Crippen LogP contribution in [0.4, 0.5) is 11.4 Å². The van der Waals surface area contributed by atoms with Crippen molar-refractivity contribution in [3.8, 4) is 0 Å². The minimum absolute atomic E-state index is 0.0755. The lowest BCUT2D eigenvalue weighted by molar-refractivity contribution is -0.384. The summed E-state index contributed by atoms with van der Waals surface area (Å²) in [5, 5.41) is 16.7. The van der Waals surface area contributed by atoms with Crippen LogP contribution in [0.3, 0.4) is 0 Å². The maximum absolute atomic E-state index is 12.6. The number of carbonyl (C=O) groups excluding carboxylic acids is 1. The molecule has 0 aromatic heterocycles. The van der Waals surface area contributed by atoms with Gasteiger partial charge in [0.1, 0.15) is 5.69 Å². The Kier molecular flexibility index (Phi) is 6.32. The SMILES string of the molecule is CC(=O)NCCNc1ccc(S(=O)(=O)N2CCCCC2)cc1[N+](=O)[O-]. The average Bonchev–Trinajstić information content (AvgIpc) is 2.59. The van der Waals surface area contributed by atoms with Gasteiger partial charge in [-0.3, -0.25) is 14.9 Å². The van der Waals surface area contributed by atoms with Crippen molar-refractivity contribution in [1.29, 1.82) is 0 Å². The quantitative estimate of drug-likeness (QED) is 0.424. The summed E-state index contributed by atoms with van der Waals surface area (Å²) in [6, 6.07) is 3.85. The van der Waals surface area contributed by atoms with Crippen molar-refractivity contribution in [2.45, 2.75) is 31.1 Å². The first kappa shape index (κ1) is 19.1. The van der Waals surface area contributed by atoms with Gasteiger partial charge in [0.15, 0.2) is 0 Å². The zero-order chi connectivity index (χ0) is 18.4. The molecular weight excluding hydrogens is 348 g/mol. The number of carbonyl (C=O) groups is 1. The highest BCUT2D eigenvalue weighted by molar-refractivity contribution is 7.89. The summed E-state index contributed by atoms with van der Waals surface area (Å²) in [5.41, 5.74) is -0.0890. The zero-order valence-electron chi connectivity index (χ0n) is 14.0. The molecule has 0 spiro atoms. The van der Waals surface area contributed by atoms with E-state index in [9.17, 15) is 23.3 Å². The molecule has 9 nitrogen and oxygen atoms in total. The summed E-state index contributed by atoms with van der Waals surface area (Å²) in [6.07, 6.45) is 2.58. The van der Waals surface area contributed by atoms with Crippen LogP contribution in [0.2, 0.25) is 0 Å². The van der Waals surface area contributed by atoms with Crippen LogP contribution in [0.5, 0.6) is 0 Å². The number of nitro benzene ring substituents is 1. The van der Waals surface area contributed by atoms with E-state index in [0.29, 0.717) is 26.2 Å². The number of hydrogen-bond acceptors (Lipinski definition) is 6. The number of benzene rings is 1. The van der Waals surface area contributed by atoms with Crippen LogP contribution in [0.25, 0.3) is 0 Å². The summed E-state index contributed by atoms with van der Waals surface area (Å²) in [7, 11) is -3.73. The van der Waals surface area contributed by atoms with Crippen molar-refractivity contribution in [2.24, 2.45) is 0 Å². The van der Waals surface area contributed by atoms with E-state index >= 15 is 0 Å². The Morgan fingerprint density at radius 3 is 2.52 bits per heavy atom. The first-order chi connectivity index (χ1) is 11.8. The number of anilines is 1. The minimum atomic E-state index is -3.73. The summed E-state index contributed by atoms with van der Waals surface area (Å²) in [6.45, 7) is 2.85. The number of nitrogens with zero attached hydrogens (tertiary/aromatic N) is 2. The third-order valence-electron chi connectivity index (χ3n) is 3.93. The van der Waals surface area contributed by atoms with Crippen LogP contribution in [0.1, 0.15) is 26.2 Å². The fourth-order valence-electron chi connectivity index (χ4n) is 2.66. The van der Waals surface area contributed by atoms with Gasteiger partial charge in [0, 0.05) is 39.2 Å². The van der Waals surface area contributed by atoms with Crippen molar-refractivity contribution in [2.75, 3.05) is 31.5 Å². The number of piperidine rings is 1. The van der Waals surface area contributed by atoms with E-state index in [-0.39, 0.29) is 22.2 Å². The fraction of sp³-hybridized carbons (Fsp3) is 0.533. The molecule has 25 heavy (non-hydrogen) atoms. The second-order valence-electron chi connectivity index (χ2n) is 5.81. The third kappa shape index (κ3) is 4.89. The van der Waals surface area contributed by atoms with Crippen LogP contribution >= 0.6 is 0 Å². The molecule has 1 aliphatic rings. The monoisotopic (exact) mass is 370 g/mol. The summed E-state index contributed by atoms with van der Waals surface area (Å²) in [4.78, 5) is 21.4. The van der Waals surface area contributed by atoms with E-state index in [4.69, 9.17) is 0 Å². The maximum Gasteiger partial charge on any atom is 0.293 e. The van der Waals surface area contributed by atoms with Crippen molar-refractivity contribution in [3.05, 3.63) is 28.3 Å². The molecule has 2 N–H and O–H groups in total. The molecule has 1 aromatic rings. The van der Waals surface area contributed by atoms with Gasteiger partial charge in [0.05, 0.1) is 9.82 Å². The molecular formula is C15H22N4O5S. The number of rotatable bonds is 7. The maximum atomic E-state index is 12.6. The molecule has 0 bridgehead atoms. The topological polar surface area (TPSA) is 122 Å². The van der Waals surface area contributed by atoms with Crippen LogP contribution in [0.15, 0.2) is 23.1 Å². The molecule has 1 heterocycles. The van der Waals surface area contributed by atoms with Crippen LogP contribution in [-0.2, 0) is 14.8 Å².